The van der Waals surface area contributed by atoms with Crippen LogP contribution in [-0.4, -0.2) is 26.4 Å². The van der Waals surface area contributed by atoms with Gasteiger partial charge in [-0.1, -0.05) is 11.6 Å². The molecule has 0 unspecified atom stereocenters. The largest absolute Gasteiger partial charge is 0.306 e. The summed E-state index contributed by atoms with van der Waals surface area (Å²) in [6, 6.07) is 5.92. The zero-order valence-corrected chi connectivity index (χ0v) is 14.9. The third-order valence-corrected chi connectivity index (χ3v) is 4.90. The normalized spacial score (nSPS) is 14.2. The van der Waals surface area contributed by atoms with Gasteiger partial charge >= 0.3 is 0 Å². The summed E-state index contributed by atoms with van der Waals surface area (Å²) in [4.78, 5) is 25.7. The van der Waals surface area contributed by atoms with Crippen LogP contribution in [0.1, 0.15) is 16.8 Å². The second kappa shape index (κ2) is 7.17. The van der Waals surface area contributed by atoms with Crippen LogP contribution in [0.2, 0.25) is 5.02 Å². The van der Waals surface area contributed by atoms with E-state index >= 15 is 0 Å². The zero-order chi connectivity index (χ0) is 19.0. The fraction of sp³-hybridized carbons (Fsp3) is 0.211. The number of halogens is 3. The van der Waals surface area contributed by atoms with Crippen LogP contribution in [-0.2, 0) is 19.5 Å². The summed E-state index contributed by atoms with van der Waals surface area (Å²) < 4.78 is 28.1. The van der Waals surface area contributed by atoms with Crippen LogP contribution in [0.4, 0.5) is 8.78 Å². The number of nitrogens with zero attached hydrogens (tertiary/aromatic N) is 3. The van der Waals surface area contributed by atoms with Gasteiger partial charge in [-0.3, -0.25) is 14.7 Å². The van der Waals surface area contributed by atoms with Crippen molar-refractivity contribution in [3.05, 3.63) is 80.5 Å². The van der Waals surface area contributed by atoms with Crippen LogP contribution in [0, 0.1) is 11.6 Å². The first-order valence-corrected chi connectivity index (χ1v) is 8.78. The second-order valence-corrected chi connectivity index (χ2v) is 6.77. The molecule has 0 radical (unpaired) electrons. The van der Waals surface area contributed by atoms with E-state index in [0.29, 0.717) is 30.0 Å². The lowest BCUT2D eigenvalue weighted by Gasteiger charge is -2.28. The predicted octanol–water partition coefficient (Wildman–Crippen LogP) is 3.32. The monoisotopic (exact) mass is 388 g/mol. The van der Waals surface area contributed by atoms with Crippen LogP contribution in [0.15, 0.2) is 41.5 Å². The van der Waals surface area contributed by atoms with Gasteiger partial charge in [0.2, 0.25) is 0 Å². The number of rotatable bonds is 3. The fourth-order valence-electron chi connectivity index (χ4n) is 3.19. The molecule has 138 valence electrons. The van der Waals surface area contributed by atoms with Crippen LogP contribution in [0.25, 0.3) is 11.4 Å². The molecule has 0 spiro atoms. The van der Waals surface area contributed by atoms with E-state index in [4.69, 9.17) is 11.6 Å². The molecule has 1 aliphatic rings. The third kappa shape index (κ3) is 3.48. The maximum Gasteiger partial charge on any atom is 0.255 e. The molecule has 3 heterocycles. The Bertz CT molecular complexity index is 1060. The molecule has 1 aromatic carbocycles. The molecule has 2 aromatic heterocycles. The summed E-state index contributed by atoms with van der Waals surface area (Å²) in [5.74, 6) is -0.949. The van der Waals surface area contributed by atoms with Crippen molar-refractivity contribution >= 4 is 11.6 Å². The highest BCUT2D eigenvalue weighted by molar-refractivity contribution is 6.30. The second-order valence-electron chi connectivity index (χ2n) is 6.36. The molecule has 5 nitrogen and oxygen atoms in total. The Hall–Kier alpha value is -2.64. The van der Waals surface area contributed by atoms with E-state index in [0.717, 1.165) is 11.6 Å². The van der Waals surface area contributed by atoms with Crippen molar-refractivity contribution in [2.75, 3.05) is 6.54 Å². The van der Waals surface area contributed by atoms with Gasteiger partial charge < -0.3 is 4.98 Å². The van der Waals surface area contributed by atoms with Gasteiger partial charge in [-0.05, 0) is 24.3 Å². The number of benzene rings is 1. The lowest BCUT2D eigenvalue weighted by atomic mass is 10.1. The van der Waals surface area contributed by atoms with E-state index in [1.165, 1.54) is 6.07 Å². The van der Waals surface area contributed by atoms with E-state index in [-0.39, 0.29) is 29.2 Å². The predicted molar refractivity (Wildman–Crippen MR) is 97.3 cm³/mol. The summed E-state index contributed by atoms with van der Waals surface area (Å²) in [6.07, 6.45) is 3.78. The molecule has 0 bridgehead atoms. The van der Waals surface area contributed by atoms with Crippen molar-refractivity contribution in [2.24, 2.45) is 0 Å². The lowest BCUT2D eigenvalue weighted by molar-refractivity contribution is 0.235. The Morgan fingerprint density at radius 1 is 1.26 bits per heavy atom. The van der Waals surface area contributed by atoms with Crippen molar-refractivity contribution < 1.29 is 8.78 Å². The van der Waals surface area contributed by atoms with Crippen LogP contribution in [0.5, 0.6) is 0 Å². The molecular weight excluding hydrogens is 374 g/mol. The number of pyridine rings is 1. The molecule has 1 aliphatic heterocycles. The van der Waals surface area contributed by atoms with Crippen molar-refractivity contribution in [3.63, 3.8) is 0 Å². The minimum absolute atomic E-state index is 0.0292. The molecule has 0 saturated heterocycles. The summed E-state index contributed by atoms with van der Waals surface area (Å²) >= 11 is 5.76. The van der Waals surface area contributed by atoms with Crippen molar-refractivity contribution in [1.82, 2.24) is 19.9 Å². The van der Waals surface area contributed by atoms with Gasteiger partial charge in [0.25, 0.3) is 5.56 Å². The minimum Gasteiger partial charge on any atom is -0.306 e. The molecule has 0 saturated carbocycles. The van der Waals surface area contributed by atoms with Gasteiger partial charge in [0.1, 0.15) is 17.5 Å². The van der Waals surface area contributed by atoms with Crippen molar-refractivity contribution in [1.29, 1.82) is 0 Å². The molecule has 3 aromatic rings. The van der Waals surface area contributed by atoms with Crippen LogP contribution >= 0.6 is 11.6 Å². The lowest BCUT2D eigenvalue weighted by Crippen LogP contribution is -2.35. The number of aromatic nitrogens is 3. The molecule has 0 fully saturated rings. The Balaban J connectivity index is 1.61. The SMILES string of the molecule is O=c1[nH]c(-c2cccnc2)nc2c1CN(Cc1c(F)ccc(Cl)c1F)CC2. The van der Waals surface area contributed by atoms with Crippen LogP contribution in [0.3, 0.4) is 0 Å². The molecule has 1 N–H and O–H groups in total. The fourth-order valence-corrected chi connectivity index (χ4v) is 3.37. The molecule has 8 heteroatoms. The van der Waals surface area contributed by atoms with Crippen molar-refractivity contribution in [2.45, 2.75) is 19.5 Å². The summed E-state index contributed by atoms with van der Waals surface area (Å²) in [5, 5.41) is -0.121. The van der Waals surface area contributed by atoms with Gasteiger partial charge in [0.15, 0.2) is 0 Å². The smallest absolute Gasteiger partial charge is 0.255 e. The summed E-state index contributed by atoms with van der Waals surface area (Å²) in [7, 11) is 0. The molecule has 27 heavy (non-hydrogen) atoms. The van der Waals surface area contributed by atoms with E-state index in [1.807, 2.05) is 6.07 Å². The number of nitrogens with one attached hydrogen (secondary N) is 1. The van der Waals surface area contributed by atoms with E-state index < -0.39 is 11.6 Å². The Morgan fingerprint density at radius 3 is 2.89 bits per heavy atom. The number of aromatic amines is 1. The highest BCUT2D eigenvalue weighted by atomic mass is 35.5. The van der Waals surface area contributed by atoms with Crippen molar-refractivity contribution in [3.8, 4) is 11.4 Å². The van der Waals surface area contributed by atoms with Gasteiger partial charge in [-0.25, -0.2) is 13.8 Å². The first-order valence-electron chi connectivity index (χ1n) is 8.40. The van der Waals surface area contributed by atoms with Gasteiger partial charge in [0, 0.05) is 49.6 Å². The summed E-state index contributed by atoms with van der Waals surface area (Å²) in [5.41, 5.74) is 1.58. The van der Waals surface area contributed by atoms with Gasteiger partial charge in [-0.15, -0.1) is 0 Å². The molecule has 4 rings (SSSR count). The Labute approximate surface area is 158 Å². The number of hydrogen-bond donors (Lipinski definition) is 1. The highest BCUT2D eigenvalue weighted by Crippen LogP contribution is 2.25. The van der Waals surface area contributed by atoms with E-state index in [9.17, 15) is 13.6 Å². The summed E-state index contributed by atoms with van der Waals surface area (Å²) in [6.45, 7) is 0.819. The third-order valence-electron chi connectivity index (χ3n) is 4.60. The standard InChI is InChI=1S/C19H15ClF2N4O/c20-14-3-4-15(21)12(17(14)22)9-26-7-5-16-13(10-26)19(27)25-18(24-16)11-2-1-6-23-8-11/h1-4,6,8H,5,7,9-10H2,(H,24,25,27). The van der Waals surface area contributed by atoms with E-state index in [1.54, 1.807) is 23.4 Å². The molecular formula is C19H15ClF2N4O. The Morgan fingerprint density at radius 2 is 2.11 bits per heavy atom. The average molecular weight is 389 g/mol. The average Bonchev–Trinajstić information content (AvgIpc) is 2.69. The maximum atomic E-state index is 14.1. The first kappa shape index (κ1) is 17.8. The van der Waals surface area contributed by atoms with Gasteiger partial charge in [0.05, 0.1) is 16.3 Å². The quantitative estimate of drug-likeness (QED) is 0.699. The molecule has 0 amide bonds. The number of hydrogen-bond acceptors (Lipinski definition) is 4. The highest BCUT2D eigenvalue weighted by Gasteiger charge is 2.24. The van der Waals surface area contributed by atoms with Gasteiger partial charge in [-0.2, -0.15) is 0 Å². The molecule has 0 aliphatic carbocycles. The maximum absolute atomic E-state index is 14.1. The number of fused-ring (bicyclic) bond motifs is 1. The topological polar surface area (TPSA) is 61.9 Å². The van der Waals surface area contributed by atoms with Crippen LogP contribution < -0.4 is 5.56 Å². The first-order chi connectivity index (χ1) is 13.0. The minimum atomic E-state index is -0.763. The molecule has 0 atom stereocenters. The Kier molecular flexibility index (Phi) is 4.72. The number of H-pyrrole nitrogens is 1. The van der Waals surface area contributed by atoms with E-state index in [2.05, 4.69) is 15.0 Å². The zero-order valence-electron chi connectivity index (χ0n) is 14.2.